The SMILES string of the molecule is COc1cccc(S(=O)(=O)N2CCN(C)C(c3ccc(C)cc3)C2)c1. The lowest BCUT2D eigenvalue weighted by atomic mass is 10.0. The summed E-state index contributed by atoms with van der Waals surface area (Å²) in [5.74, 6) is 0.547. The lowest BCUT2D eigenvalue weighted by Gasteiger charge is -2.39. The van der Waals surface area contributed by atoms with E-state index in [0.29, 0.717) is 25.4 Å². The number of hydrogen-bond acceptors (Lipinski definition) is 4. The zero-order chi connectivity index (χ0) is 18.0. The Morgan fingerprint density at radius 2 is 1.80 bits per heavy atom. The number of hydrogen-bond donors (Lipinski definition) is 0. The minimum absolute atomic E-state index is 0.0507. The van der Waals surface area contributed by atoms with E-state index < -0.39 is 10.0 Å². The maximum absolute atomic E-state index is 13.0. The fourth-order valence-corrected chi connectivity index (χ4v) is 4.60. The molecule has 5 nitrogen and oxygen atoms in total. The van der Waals surface area contributed by atoms with Crippen molar-refractivity contribution in [2.45, 2.75) is 17.9 Å². The predicted molar refractivity (Wildman–Crippen MR) is 98.3 cm³/mol. The fraction of sp³-hybridized carbons (Fsp3) is 0.368. The van der Waals surface area contributed by atoms with Crippen molar-refractivity contribution < 1.29 is 13.2 Å². The van der Waals surface area contributed by atoms with E-state index in [1.165, 1.54) is 12.7 Å². The van der Waals surface area contributed by atoms with Crippen LogP contribution in [0.1, 0.15) is 17.2 Å². The third-order valence-electron chi connectivity index (χ3n) is 4.75. The molecule has 1 aliphatic rings. The van der Waals surface area contributed by atoms with Gasteiger partial charge in [-0.15, -0.1) is 0 Å². The van der Waals surface area contributed by atoms with Crippen LogP contribution in [0.4, 0.5) is 0 Å². The van der Waals surface area contributed by atoms with E-state index in [-0.39, 0.29) is 10.9 Å². The van der Waals surface area contributed by atoms with Gasteiger partial charge in [-0.05, 0) is 31.7 Å². The molecule has 0 aliphatic carbocycles. The summed E-state index contributed by atoms with van der Waals surface area (Å²) in [6.07, 6.45) is 0. The smallest absolute Gasteiger partial charge is 0.243 e. The molecule has 0 amide bonds. The Morgan fingerprint density at radius 1 is 1.08 bits per heavy atom. The highest BCUT2D eigenvalue weighted by atomic mass is 32.2. The molecule has 1 aliphatic heterocycles. The maximum atomic E-state index is 13.0. The molecule has 1 heterocycles. The summed E-state index contributed by atoms with van der Waals surface area (Å²) in [6.45, 7) is 3.67. The summed E-state index contributed by atoms with van der Waals surface area (Å²) in [7, 11) is 0.0379. The summed E-state index contributed by atoms with van der Waals surface area (Å²) in [4.78, 5) is 2.49. The first-order valence-electron chi connectivity index (χ1n) is 8.33. The molecule has 2 aromatic rings. The molecule has 0 N–H and O–H groups in total. The van der Waals surface area contributed by atoms with Gasteiger partial charge in [-0.25, -0.2) is 8.42 Å². The normalized spacial score (nSPS) is 19.7. The first kappa shape index (κ1) is 17.9. The Hall–Kier alpha value is -1.89. The van der Waals surface area contributed by atoms with Crippen LogP contribution < -0.4 is 4.74 Å². The molecular weight excluding hydrogens is 336 g/mol. The molecule has 2 aromatic carbocycles. The molecule has 1 atom stereocenters. The van der Waals surface area contributed by atoms with Crippen molar-refractivity contribution in [2.75, 3.05) is 33.8 Å². The van der Waals surface area contributed by atoms with Crippen LogP contribution in [0.2, 0.25) is 0 Å². The van der Waals surface area contributed by atoms with E-state index in [2.05, 4.69) is 29.2 Å². The van der Waals surface area contributed by atoms with Gasteiger partial charge in [-0.1, -0.05) is 35.9 Å². The van der Waals surface area contributed by atoms with Crippen molar-refractivity contribution in [3.8, 4) is 5.75 Å². The zero-order valence-corrected chi connectivity index (χ0v) is 15.7. The number of ether oxygens (including phenoxy) is 1. The van der Waals surface area contributed by atoms with E-state index in [4.69, 9.17) is 4.74 Å². The Bertz CT molecular complexity index is 834. The van der Waals surface area contributed by atoms with Crippen LogP contribution in [0.3, 0.4) is 0 Å². The number of aryl methyl sites for hydroxylation is 1. The largest absolute Gasteiger partial charge is 0.497 e. The minimum atomic E-state index is -3.54. The molecule has 1 fully saturated rings. The van der Waals surface area contributed by atoms with Gasteiger partial charge in [0.25, 0.3) is 0 Å². The number of rotatable bonds is 4. The maximum Gasteiger partial charge on any atom is 0.243 e. The number of nitrogens with zero attached hydrogens (tertiary/aromatic N) is 2. The molecule has 0 saturated carbocycles. The second kappa shape index (κ2) is 7.15. The molecule has 6 heteroatoms. The van der Waals surface area contributed by atoms with Crippen LogP contribution in [-0.4, -0.2) is 51.4 Å². The molecule has 0 bridgehead atoms. The van der Waals surface area contributed by atoms with Gasteiger partial charge in [0, 0.05) is 31.7 Å². The lowest BCUT2D eigenvalue weighted by Crippen LogP contribution is -2.48. The van der Waals surface area contributed by atoms with Crippen LogP contribution in [-0.2, 0) is 10.0 Å². The van der Waals surface area contributed by atoms with Crippen molar-refractivity contribution in [1.82, 2.24) is 9.21 Å². The van der Waals surface area contributed by atoms with E-state index in [0.717, 1.165) is 5.56 Å². The van der Waals surface area contributed by atoms with Gasteiger partial charge in [0.15, 0.2) is 0 Å². The van der Waals surface area contributed by atoms with Gasteiger partial charge in [-0.2, -0.15) is 4.31 Å². The summed E-state index contributed by atoms with van der Waals surface area (Å²) in [5.41, 5.74) is 2.33. The highest BCUT2D eigenvalue weighted by Gasteiger charge is 2.33. The summed E-state index contributed by atoms with van der Waals surface area (Å²) < 4.78 is 32.8. The van der Waals surface area contributed by atoms with E-state index in [1.54, 1.807) is 28.6 Å². The lowest BCUT2D eigenvalue weighted by molar-refractivity contribution is 0.148. The van der Waals surface area contributed by atoms with Crippen molar-refractivity contribution in [2.24, 2.45) is 0 Å². The predicted octanol–water partition coefficient (Wildman–Crippen LogP) is 2.68. The Kier molecular flexibility index (Phi) is 5.13. The molecule has 1 unspecified atom stereocenters. The average Bonchev–Trinajstić information content (AvgIpc) is 2.63. The van der Waals surface area contributed by atoms with E-state index in [1.807, 2.05) is 14.0 Å². The summed E-state index contributed by atoms with van der Waals surface area (Å²) in [5, 5.41) is 0. The second-order valence-corrected chi connectivity index (χ2v) is 8.39. The summed E-state index contributed by atoms with van der Waals surface area (Å²) in [6, 6.07) is 15.0. The fourth-order valence-electron chi connectivity index (χ4n) is 3.13. The van der Waals surface area contributed by atoms with Gasteiger partial charge in [-0.3, -0.25) is 4.90 Å². The highest BCUT2D eigenvalue weighted by molar-refractivity contribution is 7.89. The van der Waals surface area contributed by atoms with E-state index >= 15 is 0 Å². The van der Waals surface area contributed by atoms with Gasteiger partial charge < -0.3 is 4.74 Å². The van der Waals surface area contributed by atoms with E-state index in [9.17, 15) is 8.42 Å². The third-order valence-corrected chi connectivity index (χ3v) is 6.61. The molecular formula is C19H24N2O3S. The van der Waals surface area contributed by atoms with Crippen LogP contribution in [0.5, 0.6) is 5.75 Å². The molecule has 0 spiro atoms. The van der Waals surface area contributed by atoms with Gasteiger partial charge in [0.05, 0.1) is 12.0 Å². The quantitative estimate of drug-likeness (QED) is 0.841. The second-order valence-electron chi connectivity index (χ2n) is 6.45. The number of sulfonamides is 1. The van der Waals surface area contributed by atoms with Crippen molar-refractivity contribution >= 4 is 10.0 Å². The number of likely N-dealkylation sites (N-methyl/N-ethyl adjacent to an activating group) is 1. The van der Waals surface area contributed by atoms with Gasteiger partial charge >= 0.3 is 0 Å². The van der Waals surface area contributed by atoms with Gasteiger partial charge in [0.1, 0.15) is 5.75 Å². The summed E-state index contributed by atoms with van der Waals surface area (Å²) >= 11 is 0. The zero-order valence-electron chi connectivity index (χ0n) is 14.8. The number of methoxy groups -OCH3 is 1. The molecule has 0 radical (unpaired) electrons. The van der Waals surface area contributed by atoms with Crippen molar-refractivity contribution in [1.29, 1.82) is 0 Å². The molecule has 1 saturated heterocycles. The van der Waals surface area contributed by atoms with Crippen LogP contribution in [0, 0.1) is 6.92 Å². The molecule has 0 aromatic heterocycles. The highest BCUT2D eigenvalue weighted by Crippen LogP contribution is 2.29. The van der Waals surface area contributed by atoms with Crippen molar-refractivity contribution in [3.05, 3.63) is 59.7 Å². The van der Waals surface area contributed by atoms with Crippen molar-refractivity contribution in [3.63, 3.8) is 0 Å². The number of piperazine rings is 1. The topological polar surface area (TPSA) is 49.9 Å². The standard InChI is InChI=1S/C19H24N2O3S/c1-15-7-9-16(10-8-15)19-14-21(12-11-20(19)2)25(22,23)18-6-4-5-17(13-18)24-3/h4-10,13,19H,11-12,14H2,1-3H3. The number of benzene rings is 2. The average molecular weight is 360 g/mol. The van der Waals surface area contributed by atoms with Gasteiger partial charge in [0.2, 0.25) is 10.0 Å². The van der Waals surface area contributed by atoms with Crippen LogP contribution in [0.15, 0.2) is 53.4 Å². The first-order chi connectivity index (χ1) is 11.9. The van der Waals surface area contributed by atoms with Crippen LogP contribution >= 0.6 is 0 Å². The Balaban J connectivity index is 1.88. The molecule has 25 heavy (non-hydrogen) atoms. The first-order valence-corrected chi connectivity index (χ1v) is 9.77. The molecule has 134 valence electrons. The molecule has 3 rings (SSSR count). The third kappa shape index (κ3) is 3.71. The minimum Gasteiger partial charge on any atom is -0.497 e. The monoisotopic (exact) mass is 360 g/mol. The Morgan fingerprint density at radius 3 is 2.48 bits per heavy atom. The Labute approximate surface area is 149 Å². The van der Waals surface area contributed by atoms with Crippen LogP contribution in [0.25, 0.3) is 0 Å².